The van der Waals surface area contributed by atoms with Gasteiger partial charge in [0.25, 0.3) is 0 Å². The predicted molar refractivity (Wildman–Crippen MR) is 94.7 cm³/mol. The fourth-order valence-electron chi connectivity index (χ4n) is 2.94. The summed E-state index contributed by atoms with van der Waals surface area (Å²) in [5.74, 6) is -0.894. The number of benzene rings is 1. The second-order valence-corrected chi connectivity index (χ2v) is 8.15. The number of halogens is 1. The van der Waals surface area contributed by atoms with Gasteiger partial charge in [0.1, 0.15) is 10.7 Å². The van der Waals surface area contributed by atoms with E-state index in [0.29, 0.717) is 24.2 Å². The lowest BCUT2D eigenvalue weighted by Crippen LogP contribution is -2.38. The fraction of sp³-hybridized carbons (Fsp3) is 0.438. The van der Waals surface area contributed by atoms with Crippen LogP contribution in [0.3, 0.4) is 0 Å². The van der Waals surface area contributed by atoms with Crippen LogP contribution in [0.25, 0.3) is 0 Å². The largest absolute Gasteiger partial charge is 0.358 e. The number of carbonyl (C=O) groups is 1. The lowest BCUT2D eigenvalue weighted by Gasteiger charge is -2.09. The predicted octanol–water partition coefficient (Wildman–Crippen LogP) is -0.147. The van der Waals surface area contributed by atoms with E-state index < -0.39 is 20.7 Å². The molecule has 3 N–H and O–H groups in total. The van der Waals surface area contributed by atoms with Crippen LogP contribution in [0.1, 0.15) is 23.7 Å². The molecular formula is C16H21FN6O3S. The van der Waals surface area contributed by atoms with Crippen LogP contribution >= 0.6 is 0 Å². The van der Waals surface area contributed by atoms with Crippen LogP contribution in [0.15, 0.2) is 29.3 Å². The number of sulfonamides is 1. The SMILES string of the molecule is CNC(=O)[C@@H]1C[C@@H](n2cc(CNS(=O)(=O)c3ccc(C)cc3F)nn2)CN1. The molecule has 146 valence electrons. The van der Waals surface area contributed by atoms with Crippen molar-refractivity contribution in [2.75, 3.05) is 13.6 Å². The second-order valence-electron chi connectivity index (χ2n) is 6.41. The molecule has 0 unspecified atom stereocenters. The molecule has 0 saturated carbocycles. The molecule has 2 atom stereocenters. The Hall–Kier alpha value is -2.37. The molecule has 1 saturated heterocycles. The molecule has 3 rings (SSSR count). The third kappa shape index (κ3) is 4.31. The number of aromatic nitrogens is 3. The van der Waals surface area contributed by atoms with E-state index in [0.717, 1.165) is 0 Å². The molecule has 1 amide bonds. The van der Waals surface area contributed by atoms with E-state index >= 15 is 0 Å². The Balaban J connectivity index is 1.64. The minimum atomic E-state index is -4.01. The van der Waals surface area contributed by atoms with Gasteiger partial charge in [-0.2, -0.15) is 0 Å². The minimum absolute atomic E-state index is 0.0558. The van der Waals surface area contributed by atoms with Crippen molar-refractivity contribution >= 4 is 15.9 Å². The van der Waals surface area contributed by atoms with E-state index in [1.165, 1.54) is 18.2 Å². The number of nitrogens with zero attached hydrogens (tertiary/aromatic N) is 3. The standard InChI is InChI=1S/C16H21FN6O3S/c1-10-3-4-15(13(17)5-10)27(25,26)20-7-11-9-23(22-21-11)12-6-14(19-8-12)16(24)18-2/h3-5,9,12,14,19-20H,6-8H2,1-2H3,(H,18,24)/t12-,14+/m1/s1. The third-order valence-corrected chi connectivity index (χ3v) is 5.86. The molecular weight excluding hydrogens is 375 g/mol. The molecule has 1 fully saturated rings. The molecule has 1 aliphatic heterocycles. The smallest absolute Gasteiger partial charge is 0.243 e. The molecule has 9 nitrogen and oxygen atoms in total. The van der Waals surface area contributed by atoms with Gasteiger partial charge >= 0.3 is 0 Å². The zero-order valence-electron chi connectivity index (χ0n) is 14.9. The average molecular weight is 396 g/mol. The summed E-state index contributed by atoms with van der Waals surface area (Å²) in [5.41, 5.74) is 1.03. The molecule has 0 spiro atoms. The van der Waals surface area contributed by atoms with Crippen LogP contribution in [0, 0.1) is 12.7 Å². The van der Waals surface area contributed by atoms with Gasteiger partial charge in [-0.1, -0.05) is 11.3 Å². The molecule has 2 heterocycles. The van der Waals surface area contributed by atoms with E-state index in [9.17, 15) is 17.6 Å². The molecule has 0 radical (unpaired) electrons. The van der Waals surface area contributed by atoms with Crippen molar-refractivity contribution in [1.82, 2.24) is 30.3 Å². The lowest BCUT2D eigenvalue weighted by atomic mass is 10.1. The molecule has 0 bridgehead atoms. The Kier molecular flexibility index (Phi) is 5.53. The summed E-state index contributed by atoms with van der Waals surface area (Å²) in [6.45, 7) is 2.12. The van der Waals surface area contributed by atoms with E-state index in [1.807, 2.05) is 0 Å². The number of rotatable bonds is 6. The van der Waals surface area contributed by atoms with Crippen molar-refractivity contribution in [3.05, 3.63) is 41.5 Å². The molecule has 1 aromatic heterocycles. The second kappa shape index (κ2) is 7.71. The Bertz CT molecular complexity index is 945. The maximum Gasteiger partial charge on any atom is 0.243 e. The number of hydrogen-bond acceptors (Lipinski definition) is 6. The highest BCUT2D eigenvalue weighted by atomic mass is 32.2. The molecule has 2 aromatic rings. The van der Waals surface area contributed by atoms with Crippen LogP contribution in [0.5, 0.6) is 0 Å². The van der Waals surface area contributed by atoms with Crippen molar-refractivity contribution in [3.8, 4) is 0 Å². The number of carbonyl (C=O) groups excluding carboxylic acids is 1. The summed E-state index contributed by atoms with van der Waals surface area (Å²) < 4.78 is 42.4. The highest BCUT2D eigenvalue weighted by Gasteiger charge is 2.30. The first-order valence-corrected chi connectivity index (χ1v) is 9.90. The zero-order chi connectivity index (χ0) is 19.6. The number of likely N-dealkylation sites (N-methyl/N-ethyl adjacent to an activating group) is 1. The van der Waals surface area contributed by atoms with Gasteiger partial charge in [0.15, 0.2) is 0 Å². The Morgan fingerprint density at radius 2 is 2.22 bits per heavy atom. The minimum Gasteiger partial charge on any atom is -0.358 e. The van der Waals surface area contributed by atoms with E-state index in [1.54, 1.807) is 24.9 Å². The summed E-state index contributed by atoms with van der Waals surface area (Å²) >= 11 is 0. The van der Waals surface area contributed by atoms with E-state index in [2.05, 4.69) is 25.7 Å². The van der Waals surface area contributed by atoms with Crippen LogP contribution in [0.4, 0.5) is 4.39 Å². The first-order valence-electron chi connectivity index (χ1n) is 8.41. The zero-order valence-corrected chi connectivity index (χ0v) is 15.8. The highest BCUT2D eigenvalue weighted by molar-refractivity contribution is 7.89. The van der Waals surface area contributed by atoms with Crippen LogP contribution in [0.2, 0.25) is 0 Å². The number of nitrogens with one attached hydrogen (secondary N) is 3. The van der Waals surface area contributed by atoms with Crippen molar-refractivity contribution in [3.63, 3.8) is 0 Å². The lowest BCUT2D eigenvalue weighted by molar-refractivity contribution is -0.122. The summed E-state index contributed by atoms with van der Waals surface area (Å²) in [5, 5.41) is 13.6. The summed E-state index contributed by atoms with van der Waals surface area (Å²) in [6, 6.07) is 3.58. The Morgan fingerprint density at radius 1 is 1.44 bits per heavy atom. The maximum atomic E-state index is 13.9. The molecule has 1 aliphatic rings. The van der Waals surface area contributed by atoms with Crippen molar-refractivity contribution < 1.29 is 17.6 Å². The third-order valence-electron chi connectivity index (χ3n) is 4.42. The van der Waals surface area contributed by atoms with Gasteiger partial charge in [-0.3, -0.25) is 4.79 Å². The van der Waals surface area contributed by atoms with Crippen molar-refractivity contribution in [2.24, 2.45) is 0 Å². The summed E-state index contributed by atoms with van der Waals surface area (Å²) in [7, 11) is -2.43. The molecule has 27 heavy (non-hydrogen) atoms. The fourth-order valence-corrected chi connectivity index (χ4v) is 3.99. The van der Waals surface area contributed by atoms with E-state index in [-0.39, 0.29) is 24.5 Å². The van der Waals surface area contributed by atoms with Crippen molar-refractivity contribution in [1.29, 1.82) is 0 Å². The van der Waals surface area contributed by atoms with Gasteiger partial charge < -0.3 is 10.6 Å². The Morgan fingerprint density at radius 3 is 2.93 bits per heavy atom. The maximum absolute atomic E-state index is 13.9. The Labute approximate surface area is 156 Å². The van der Waals surface area contributed by atoms with E-state index in [4.69, 9.17) is 0 Å². The number of hydrogen-bond donors (Lipinski definition) is 3. The summed E-state index contributed by atoms with van der Waals surface area (Å²) in [6.07, 6.45) is 2.18. The van der Waals surface area contributed by atoms with Gasteiger partial charge in [0.2, 0.25) is 15.9 Å². The molecule has 1 aromatic carbocycles. The van der Waals surface area contributed by atoms with Gasteiger partial charge in [-0.25, -0.2) is 22.2 Å². The summed E-state index contributed by atoms with van der Waals surface area (Å²) in [4.78, 5) is 11.3. The van der Waals surface area contributed by atoms with Gasteiger partial charge in [-0.15, -0.1) is 5.10 Å². The average Bonchev–Trinajstić information content (AvgIpc) is 3.28. The molecule has 11 heteroatoms. The monoisotopic (exact) mass is 396 g/mol. The van der Waals surface area contributed by atoms with Crippen LogP contribution in [-0.4, -0.2) is 49.0 Å². The first-order chi connectivity index (χ1) is 12.8. The van der Waals surface area contributed by atoms with Gasteiger partial charge in [-0.05, 0) is 31.0 Å². The topological polar surface area (TPSA) is 118 Å². The van der Waals surface area contributed by atoms with Crippen molar-refractivity contribution in [2.45, 2.75) is 36.9 Å². The highest BCUT2D eigenvalue weighted by Crippen LogP contribution is 2.19. The van der Waals surface area contributed by atoms with Crippen LogP contribution < -0.4 is 15.4 Å². The number of amides is 1. The quantitative estimate of drug-likeness (QED) is 0.625. The van der Waals surface area contributed by atoms with Crippen LogP contribution in [-0.2, 0) is 21.4 Å². The molecule has 0 aliphatic carbocycles. The normalized spacial score (nSPS) is 20.0. The number of aryl methyl sites for hydroxylation is 1. The van der Waals surface area contributed by atoms with Gasteiger partial charge in [0.05, 0.1) is 30.5 Å². The van der Waals surface area contributed by atoms with Gasteiger partial charge in [0, 0.05) is 13.6 Å². The first kappa shape index (κ1) is 19.4.